The number of rotatable bonds is 3. The number of benzene rings is 1. The van der Waals surface area contributed by atoms with Crippen LogP contribution in [0, 0.1) is 6.92 Å². The van der Waals surface area contributed by atoms with Crippen molar-refractivity contribution in [3.05, 3.63) is 55.7 Å². The number of thiophene rings is 1. The standard InChI is InChI=1S/C14H14Cl2OS/c1-9-5-6-18-13(9)14(2,17)8-10-3-4-11(15)12(16)7-10/h3-7,17H,8H2,1-2H3. The maximum absolute atomic E-state index is 10.6. The summed E-state index contributed by atoms with van der Waals surface area (Å²) in [6.45, 7) is 3.84. The summed E-state index contributed by atoms with van der Waals surface area (Å²) in [7, 11) is 0. The van der Waals surface area contributed by atoms with E-state index in [2.05, 4.69) is 0 Å². The van der Waals surface area contributed by atoms with Gasteiger partial charge in [0.05, 0.1) is 10.0 Å². The van der Waals surface area contributed by atoms with Gasteiger partial charge in [-0.05, 0) is 48.6 Å². The zero-order valence-electron chi connectivity index (χ0n) is 10.2. The molecule has 2 rings (SSSR count). The average molecular weight is 301 g/mol. The second-order valence-electron chi connectivity index (χ2n) is 4.63. The largest absolute Gasteiger partial charge is 0.384 e. The molecule has 1 N–H and O–H groups in total. The third-order valence-electron chi connectivity index (χ3n) is 2.88. The summed E-state index contributed by atoms with van der Waals surface area (Å²) in [6, 6.07) is 7.48. The third kappa shape index (κ3) is 2.89. The molecule has 0 amide bonds. The van der Waals surface area contributed by atoms with Crippen LogP contribution in [0.3, 0.4) is 0 Å². The summed E-state index contributed by atoms with van der Waals surface area (Å²) >= 11 is 13.4. The van der Waals surface area contributed by atoms with Crippen molar-refractivity contribution in [3.8, 4) is 0 Å². The Labute approximate surface area is 121 Å². The van der Waals surface area contributed by atoms with E-state index in [-0.39, 0.29) is 0 Å². The van der Waals surface area contributed by atoms with Gasteiger partial charge in [-0.3, -0.25) is 0 Å². The lowest BCUT2D eigenvalue weighted by Gasteiger charge is -2.23. The zero-order valence-corrected chi connectivity index (χ0v) is 12.5. The van der Waals surface area contributed by atoms with Gasteiger partial charge in [0.25, 0.3) is 0 Å². The minimum absolute atomic E-state index is 0.519. The van der Waals surface area contributed by atoms with Crippen LogP contribution in [0.4, 0.5) is 0 Å². The van der Waals surface area contributed by atoms with Crippen molar-refractivity contribution in [2.24, 2.45) is 0 Å². The average Bonchev–Trinajstić information content (AvgIpc) is 2.70. The van der Waals surface area contributed by atoms with Crippen LogP contribution in [0.1, 0.15) is 22.9 Å². The van der Waals surface area contributed by atoms with E-state index < -0.39 is 5.60 Å². The first-order valence-corrected chi connectivity index (χ1v) is 7.24. The van der Waals surface area contributed by atoms with E-state index in [1.54, 1.807) is 23.5 Å². The highest BCUT2D eigenvalue weighted by Crippen LogP contribution is 2.33. The van der Waals surface area contributed by atoms with Crippen molar-refractivity contribution >= 4 is 34.5 Å². The molecule has 0 aliphatic heterocycles. The molecule has 0 radical (unpaired) electrons. The number of halogens is 2. The first-order chi connectivity index (χ1) is 8.40. The second-order valence-corrected chi connectivity index (χ2v) is 6.36. The molecule has 0 aliphatic rings. The lowest BCUT2D eigenvalue weighted by Crippen LogP contribution is -2.23. The first-order valence-electron chi connectivity index (χ1n) is 5.61. The molecule has 1 aromatic carbocycles. The van der Waals surface area contributed by atoms with Gasteiger partial charge in [0.2, 0.25) is 0 Å². The maximum Gasteiger partial charge on any atom is 0.100 e. The molecule has 0 saturated carbocycles. The Morgan fingerprint density at radius 1 is 1.22 bits per heavy atom. The fourth-order valence-corrected chi connectivity index (χ4v) is 3.36. The fourth-order valence-electron chi connectivity index (χ4n) is 2.05. The van der Waals surface area contributed by atoms with Crippen molar-refractivity contribution in [1.82, 2.24) is 0 Å². The molecule has 1 heterocycles. The van der Waals surface area contributed by atoms with Crippen LogP contribution in [0.2, 0.25) is 10.0 Å². The number of hydrogen-bond acceptors (Lipinski definition) is 2. The number of aryl methyl sites for hydroxylation is 1. The van der Waals surface area contributed by atoms with Crippen molar-refractivity contribution < 1.29 is 5.11 Å². The van der Waals surface area contributed by atoms with Gasteiger partial charge in [-0.1, -0.05) is 29.3 Å². The Balaban J connectivity index is 2.27. The van der Waals surface area contributed by atoms with Crippen LogP contribution in [-0.4, -0.2) is 5.11 Å². The van der Waals surface area contributed by atoms with Crippen molar-refractivity contribution in [2.45, 2.75) is 25.9 Å². The molecular formula is C14H14Cl2OS. The van der Waals surface area contributed by atoms with Crippen LogP contribution in [0.5, 0.6) is 0 Å². The van der Waals surface area contributed by atoms with Gasteiger partial charge < -0.3 is 5.11 Å². The molecule has 1 nitrogen and oxygen atoms in total. The van der Waals surface area contributed by atoms with E-state index in [1.807, 2.05) is 31.4 Å². The van der Waals surface area contributed by atoms with Gasteiger partial charge in [0, 0.05) is 11.3 Å². The minimum atomic E-state index is -0.880. The zero-order chi connectivity index (χ0) is 13.3. The van der Waals surface area contributed by atoms with Gasteiger partial charge in [0.1, 0.15) is 5.60 Å². The van der Waals surface area contributed by atoms with Crippen LogP contribution in [0.25, 0.3) is 0 Å². The Morgan fingerprint density at radius 3 is 2.50 bits per heavy atom. The van der Waals surface area contributed by atoms with Gasteiger partial charge in [-0.15, -0.1) is 11.3 Å². The molecule has 1 unspecified atom stereocenters. The summed E-state index contributed by atoms with van der Waals surface area (Å²) < 4.78 is 0. The molecule has 4 heteroatoms. The molecule has 1 atom stereocenters. The van der Waals surface area contributed by atoms with E-state index in [9.17, 15) is 5.11 Å². The quantitative estimate of drug-likeness (QED) is 0.862. The number of aliphatic hydroxyl groups is 1. The Bertz CT molecular complexity index is 561. The van der Waals surface area contributed by atoms with Crippen molar-refractivity contribution in [1.29, 1.82) is 0 Å². The van der Waals surface area contributed by atoms with Crippen LogP contribution in [0.15, 0.2) is 29.6 Å². The molecule has 0 spiro atoms. The number of hydrogen-bond donors (Lipinski definition) is 1. The molecule has 0 fully saturated rings. The molecule has 0 aliphatic carbocycles. The van der Waals surface area contributed by atoms with Crippen molar-refractivity contribution in [2.75, 3.05) is 0 Å². The predicted octanol–water partition coefficient (Wildman–Crippen LogP) is 4.81. The Hall–Kier alpha value is -0.540. The molecule has 0 saturated heterocycles. The summed E-state index contributed by atoms with van der Waals surface area (Å²) in [5.74, 6) is 0. The molecule has 1 aromatic heterocycles. The van der Waals surface area contributed by atoms with E-state index >= 15 is 0 Å². The fraction of sp³-hybridized carbons (Fsp3) is 0.286. The third-order valence-corrected chi connectivity index (χ3v) is 4.89. The molecule has 2 aromatic rings. The highest BCUT2D eigenvalue weighted by molar-refractivity contribution is 7.10. The van der Waals surface area contributed by atoms with Crippen molar-refractivity contribution in [3.63, 3.8) is 0 Å². The van der Waals surface area contributed by atoms with E-state index in [1.165, 1.54) is 0 Å². The molecular weight excluding hydrogens is 287 g/mol. The molecule has 18 heavy (non-hydrogen) atoms. The second kappa shape index (κ2) is 5.22. The van der Waals surface area contributed by atoms with E-state index in [0.717, 1.165) is 16.0 Å². The topological polar surface area (TPSA) is 20.2 Å². The van der Waals surface area contributed by atoms with E-state index in [0.29, 0.717) is 16.5 Å². The lowest BCUT2D eigenvalue weighted by molar-refractivity contribution is 0.0609. The monoisotopic (exact) mass is 300 g/mol. The van der Waals surface area contributed by atoms with Gasteiger partial charge >= 0.3 is 0 Å². The SMILES string of the molecule is Cc1ccsc1C(C)(O)Cc1ccc(Cl)c(Cl)c1. The maximum atomic E-state index is 10.6. The Kier molecular flexibility index (Phi) is 4.02. The van der Waals surface area contributed by atoms with Crippen LogP contribution < -0.4 is 0 Å². The lowest BCUT2D eigenvalue weighted by atomic mass is 9.93. The van der Waals surface area contributed by atoms with Gasteiger partial charge in [0.15, 0.2) is 0 Å². The highest BCUT2D eigenvalue weighted by atomic mass is 35.5. The molecule has 0 bridgehead atoms. The van der Waals surface area contributed by atoms with Crippen LogP contribution >= 0.6 is 34.5 Å². The highest BCUT2D eigenvalue weighted by Gasteiger charge is 2.26. The van der Waals surface area contributed by atoms with Gasteiger partial charge in [-0.25, -0.2) is 0 Å². The summed E-state index contributed by atoms with van der Waals surface area (Å²) in [4.78, 5) is 0.994. The minimum Gasteiger partial charge on any atom is -0.384 e. The summed E-state index contributed by atoms with van der Waals surface area (Å²) in [6.07, 6.45) is 0.519. The molecule has 96 valence electrons. The van der Waals surface area contributed by atoms with Gasteiger partial charge in [-0.2, -0.15) is 0 Å². The summed E-state index contributed by atoms with van der Waals surface area (Å²) in [5.41, 5.74) is 1.21. The van der Waals surface area contributed by atoms with E-state index in [4.69, 9.17) is 23.2 Å². The first kappa shape index (κ1) is 13.9. The smallest absolute Gasteiger partial charge is 0.100 e. The summed E-state index contributed by atoms with van der Waals surface area (Å²) in [5, 5.41) is 13.7. The predicted molar refractivity (Wildman–Crippen MR) is 78.8 cm³/mol. The Morgan fingerprint density at radius 2 is 1.94 bits per heavy atom. The normalized spacial score (nSPS) is 14.5. The van der Waals surface area contributed by atoms with Crippen LogP contribution in [-0.2, 0) is 12.0 Å².